The molecule has 0 bridgehead atoms. The summed E-state index contributed by atoms with van der Waals surface area (Å²) in [6.45, 7) is 2.16. The third-order valence-corrected chi connectivity index (χ3v) is 1.53. The summed E-state index contributed by atoms with van der Waals surface area (Å²) >= 11 is 0. The molecule has 0 aliphatic carbocycles. The highest BCUT2D eigenvalue weighted by Gasteiger charge is 2.11. The first-order chi connectivity index (χ1) is 5.97. The maximum Gasteiger partial charge on any atom is 0.491 e. The van der Waals surface area contributed by atoms with Gasteiger partial charge in [-0.05, 0) is 11.0 Å². The number of phosphoric ester groups is 1. The van der Waals surface area contributed by atoms with Crippen molar-refractivity contribution in [1.82, 2.24) is 0 Å². The van der Waals surface area contributed by atoms with Crippen LogP contribution in [0.1, 0.15) is 26.2 Å². The summed E-state index contributed by atoms with van der Waals surface area (Å²) in [6, 6.07) is 0. The second-order valence-corrected chi connectivity index (χ2v) is 3.54. The minimum Gasteiger partial charge on any atom is -0.303 e. The molecule has 0 aromatic carbocycles. The van der Waals surface area contributed by atoms with Gasteiger partial charge in [-0.1, -0.05) is 19.8 Å². The van der Waals surface area contributed by atoms with Crippen molar-refractivity contribution in [2.45, 2.75) is 26.2 Å². The Morgan fingerprint density at radius 2 is 1.85 bits per heavy atom. The number of rotatable bonds is 5. The summed E-state index contributed by atoms with van der Waals surface area (Å²) in [7, 11) is -5.37. The minimum atomic E-state index is -4.21. The quantitative estimate of drug-likeness (QED) is 0.487. The largest absolute Gasteiger partial charge is 0.491 e. The van der Waals surface area contributed by atoms with Crippen LogP contribution in [0.3, 0.4) is 0 Å². The second-order valence-electron chi connectivity index (χ2n) is 2.12. The van der Waals surface area contributed by atoms with Crippen LogP contribution in [0.15, 0.2) is 0 Å². The zero-order valence-electron chi connectivity index (χ0n) is 7.34. The van der Waals surface area contributed by atoms with Gasteiger partial charge in [0.05, 0.1) is 6.61 Å². The molecule has 1 unspecified atom stereocenters. The van der Waals surface area contributed by atoms with E-state index in [0.29, 0.717) is 6.42 Å². The molecular weight excluding hydrogens is 218 g/mol. The van der Waals surface area contributed by atoms with Gasteiger partial charge in [-0.25, -0.2) is 4.57 Å². The van der Waals surface area contributed by atoms with E-state index in [9.17, 15) is 4.57 Å². The average molecular weight is 233 g/mol. The SMILES string of the molecule is CCCCCOP(=O)(O)O.O=[PH+]O. The van der Waals surface area contributed by atoms with E-state index in [2.05, 4.69) is 4.52 Å². The van der Waals surface area contributed by atoms with Crippen LogP contribution >= 0.6 is 16.5 Å². The molecule has 0 radical (unpaired) electrons. The molecule has 0 saturated carbocycles. The van der Waals surface area contributed by atoms with Crippen LogP contribution in [-0.2, 0) is 13.7 Å². The Morgan fingerprint density at radius 3 is 2.15 bits per heavy atom. The molecule has 0 amide bonds. The Morgan fingerprint density at radius 1 is 1.38 bits per heavy atom. The molecule has 6 nitrogen and oxygen atoms in total. The first-order valence-electron chi connectivity index (χ1n) is 3.69. The van der Waals surface area contributed by atoms with Gasteiger partial charge in [0.1, 0.15) is 0 Å². The summed E-state index contributed by atoms with van der Waals surface area (Å²) in [5.74, 6) is 0. The molecule has 0 heterocycles. The highest BCUT2D eigenvalue weighted by Crippen LogP contribution is 2.35. The predicted octanol–water partition coefficient (Wildman–Crippen LogP) is 1.20. The van der Waals surface area contributed by atoms with Gasteiger partial charge < -0.3 is 9.79 Å². The maximum absolute atomic E-state index is 10.1. The van der Waals surface area contributed by atoms with Crippen LogP contribution in [-0.4, -0.2) is 21.3 Å². The van der Waals surface area contributed by atoms with Crippen LogP contribution in [0.5, 0.6) is 0 Å². The second kappa shape index (κ2) is 10.3. The van der Waals surface area contributed by atoms with Crippen molar-refractivity contribution in [1.29, 1.82) is 0 Å². The topological polar surface area (TPSA) is 104 Å². The van der Waals surface area contributed by atoms with Crippen molar-refractivity contribution in [3.05, 3.63) is 0 Å². The molecule has 0 aliphatic rings. The van der Waals surface area contributed by atoms with Crippen LogP contribution in [0, 0.1) is 0 Å². The van der Waals surface area contributed by atoms with Crippen molar-refractivity contribution in [2.75, 3.05) is 6.61 Å². The number of phosphoric acid groups is 1. The van der Waals surface area contributed by atoms with Crippen molar-refractivity contribution < 1.29 is 28.3 Å². The van der Waals surface area contributed by atoms with E-state index < -0.39 is 16.5 Å². The van der Waals surface area contributed by atoms with Gasteiger partial charge in [0.15, 0.2) is 0 Å². The lowest BCUT2D eigenvalue weighted by atomic mass is 10.3. The fourth-order valence-corrected chi connectivity index (χ4v) is 0.902. The van der Waals surface area contributed by atoms with Crippen LogP contribution in [0.25, 0.3) is 0 Å². The molecule has 1 atom stereocenters. The Kier molecular flexibility index (Phi) is 12.3. The molecule has 13 heavy (non-hydrogen) atoms. The van der Waals surface area contributed by atoms with Crippen molar-refractivity contribution in [2.24, 2.45) is 0 Å². The molecular formula is C5H15O6P2+. The molecule has 0 aromatic heterocycles. The zero-order chi connectivity index (χ0) is 10.7. The molecule has 0 rings (SSSR count). The van der Waals surface area contributed by atoms with Crippen molar-refractivity contribution >= 4 is 16.5 Å². The third kappa shape index (κ3) is 24.5. The maximum atomic E-state index is 10.1. The van der Waals surface area contributed by atoms with Crippen LogP contribution < -0.4 is 0 Å². The normalized spacial score (nSPS) is 10.8. The zero-order valence-corrected chi connectivity index (χ0v) is 9.24. The van der Waals surface area contributed by atoms with Gasteiger partial charge in [-0.2, -0.15) is 4.89 Å². The summed E-state index contributed by atoms with van der Waals surface area (Å²) in [5, 5.41) is 0. The lowest BCUT2D eigenvalue weighted by Crippen LogP contribution is -1.91. The van der Waals surface area contributed by atoms with E-state index in [4.69, 9.17) is 19.2 Å². The number of hydrogen-bond donors (Lipinski definition) is 3. The smallest absolute Gasteiger partial charge is 0.303 e. The summed E-state index contributed by atoms with van der Waals surface area (Å²) < 4.78 is 22.8. The Labute approximate surface area is 78.5 Å². The fraction of sp³-hybridized carbons (Fsp3) is 1.00. The van der Waals surface area contributed by atoms with Crippen molar-refractivity contribution in [3.63, 3.8) is 0 Å². The Hall–Kier alpha value is 0.170. The van der Waals surface area contributed by atoms with Gasteiger partial charge in [0.2, 0.25) is 0 Å². The molecule has 0 saturated heterocycles. The summed E-state index contributed by atoms with van der Waals surface area (Å²) in [5.41, 5.74) is 0. The first-order valence-corrected chi connectivity index (χ1v) is 6.07. The Balaban J connectivity index is 0. The number of hydrogen-bond acceptors (Lipinski definition) is 3. The van der Waals surface area contributed by atoms with E-state index >= 15 is 0 Å². The first kappa shape index (κ1) is 15.6. The molecule has 80 valence electrons. The lowest BCUT2D eigenvalue weighted by Gasteiger charge is -2.02. The van der Waals surface area contributed by atoms with E-state index in [1.165, 1.54) is 0 Å². The molecule has 8 heteroatoms. The van der Waals surface area contributed by atoms with Gasteiger partial charge >= 0.3 is 16.5 Å². The van der Waals surface area contributed by atoms with E-state index in [-0.39, 0.29) is 6.61 Å². The monoisotopic (exact) mass is 233 g/mol. The van der Waals surface area contributed by atoms with Crippen molar-refractivity contribution in [3.8, 4) is 0 Å². The highest BCUT2D eigenvalue weighted by atomic mass is 31.2. The fourth-order valence-electron chi connectivity index (χ4n) is 0.536. The molecule has 0 aliphatic heterocycles. The lowest BCUT2D eigenvalue weighted by molar-refractivity contribution is 0.193. The number of unbranched alkanes of at least 4 members (excludes halogenated alkanes) is 2. The van der Waals surface area contributed by atoms with Gasteiger partial charge in [0.25, 0.3) is 0 Å². The molecule has 3 N–H and O–H groups in total. The standard InChI is InChI=1S/C5H13O4P.HO2P/c1-2-3-4-5-9-10(6,7)8;1-3-2/h2-5H2,1H3,(H2,6,7,8);3H/p+1. The highest BCUT2D eigenvalue weighted by molar-refractivity contribution is 7.46. The summed E-state index contributed by atoms with van der Waals surface area (Å²) in [6.07, 6.45) is 2.67. The van der Waals surface area contributed by atoms with Crippen LogP contribution in [0.2, 0.25) is 0 Å². The van der Waals surface area contributed by atoms with Gasteiger partial charge in [-0.15, -0.1) is 0 Å². The minimum absolute atomic E-state index is 0.151. The van der Waals surface area contributed by atoms with E-state index in [1.807, 2.05) is 6.92 Å². The van der Waals surface area contributed by atoms with E-state index in [1.54, 1.807) is 0 Å². The molecule has 0 aromatic rings. The molecule has 0 spiro atoms. The Bertz CT molecular complexity index is 155. The van der Waals surface area contributed by atoms with E-state index in [0.717, 1.165) is 12.8 Å². The predicted molar refractivity (Wildman–Crippen MR) is 48.7 cm³/mol. The summed E-state index contributed by atoms with van der Waals surface area (Å²) in [4.78, 5) is 23.5. The average Bonchev–Trinajstić information content (AvgIpc) is 1.98. The third-order valence-electron chi connectivity index (χ3n) is 1.01. The van der Waals surface area contributed by atoms with Gasteiger partial charge in [-0.3, -0.25) is 4.52 Å². The van der Waals surface area contributed by atoms with Gasteiger partial charge in [0, 0.05) is 0 Å². The molecule has 0 fully saturated rings. The van der Waals surface area contributed by atoms with Crippen LogP contribution in [0.4, 0.5) is 0 Å².